The van der Waals surface area contributed by atoms with Crippen LogP contribution in [0.1, 0.15) is 18.4 Å². The Labute approximate surface area is 118 Å². The Morgan fingerprint density at radius 2 is 2.16 bits per heavy atom. The molecule has 0 aliphatic carbocycles. The highest BCUT2D eigenvalue weighted by Gasteiger charge is 2.13. The first kappa shape index (κ1) is 14.0. The molecule has 1 heterocycles. The molecule has 1 aliphatic rings. The average molecular weight is 277 g/mol. The van der Waals surface area contributed by atoms with Crippen molar-refractivity contribution in [1.29, 1.82) is 0 Å². The molecule has 0 unspecified atom stereocenters. The molecule has 102 valence electrons. The van der Waals surface area contributed by atoms with Crippen LogP contribution in [0, 0.1) is 6.92 Å². The Morgan fingerprint density at radius 3 is 2.95 bits per heavy atom. The van der Waals surface area contributed by atoms with Crippen LogP contribution in [0.15, 0.2) is 35.9 Å². The first-order valence-electron chi connectivity index (χ1n) is 6.53. The van der Waals surface area contributed by atoms with Gasteiger partial charge in [-0.2, -0.15) is 0 Å². The minimum Gasteiger partial charge on any atom is -0.493 e. The number of hydrogen-bond acceptors (Lipinski definition) is 3. The summed E-state index contributed by atoms with van der Waals surface area (Å²) in [4.78, 5) is 13.3. The van der Waals surface area contributed by atoms with Crippen molar-refractivity contribution in [1.82, 2.24) is 4.90 Å². The van der Waals surface area contributed by atoms with E-state index in [1.165, 1.54) is 0 Å². The first-order chi connectivity index (χ1) is 9.27. The van der Waals surface area contributed by atoms with Gasteiger partial charge in [-0.05, 0) is 36.8 Å². The fourth-order valence-corrected chi connectivity index (χ4v) is 2.52. The standard InChI is InChI=1S/C15H19NO2S/c1-13-6-2-3-7-14(13)18-10-5-4-8-16-9-11-19-12-15(16)17/h2-3,6-7,9,11H,4-5,8,10,12H2,1H3. The van der Waals surface area contributed by atoms with Gasteiger partial charge in [0.15, 0.2) is 0 Å². The fourth-order valence-electron chi connectivity index (χ4n) is 1.89. The molecule has 3 nitrogen and oxygen atoms in total. The number of nitrogens with zero attached hydrogens (tertiary/aromatic N) is 1. The van der Waals surface area contributed by atoms with Crippen LogP contribution in [-0.4, -0.2) is 29.7 Å². The molecule has 0 radical (unpaired) electrons. The maximum absolute atomic E-state index is 11.5. The van der Waals surface area contributed by atoms with Crippen LogP contribution in [0.5, 0.6) is 5.75 Å². The van der Waals surface area contributed by atoms with E-state index in [1.54, 1.807) is 16.7 Å². The van der Waals surface area contributed by atoms with Crippen LogP contribution in [0.3, 0.4) is 0 Å². The van der Waals surface area contributed by atoms with Crippen molar-refractivity contribution in [2.75, 3.05) is 18.9 Å². The predicted molar refractivity (Wildman–Crippen MR) is 79.2 cm³/mol. The van der Waals surface area contributed by atoms with Gasteiger partial charge in [0.25, 0.3) is 0 Å². The smallest absolute Gasteiger partial charge is 0.236 e. The molecule has 1 aromatic carbocycles. The van der Waals surface area contributed by atoms with Gasteiger partial charge < -0.3 is 9.64 Å². The molecule has 0 saturated carbocycles. The zero-order valence-corrected chi connectivity index (χ0v) is 12.0. The van der Waals surface area contributed by atoms with Gasteiger partial charge in [0.05, 0.1) is 12.4 Å². The third-order valence-corrected chi connectivity index (χ3v) is 3.74. The van der Waals surface area contributed by atoms with Crippen molar-refractivity contribution in [3.05, 3.63) is 41.4 Å². The third-order valence-electron chi connectivity index (χ3n) is 3.01. The van der Waals surface area contributed by atoms with Crippen molar-refractivity contribution in [2.45, 2.75) is 19.8 Å². The number of carbonyl (C=O) groups excluding carboxylic acids is 1. The molecule has 0 saturated heterocycles. The third kappa shape index (κ3) is 4.31. The molecule has 0 aromatic heterocycles. The van der Waals surface area contributed by atoms with E-state index < -0.39 is 0 Å². The van der Waals surface area contributed by atoms with E-state index in [0.29, 0.717) is 12.4 Å². The topological polar surface area (TPSA) is 29.5 Å². The summed E-state index contributed by atoms with van der Waals surface area (Å²) in [6.45, 7) is 3.53. The summed E-state index contributed by atoms with van der Waals surface area (Å²) in [6, 6.07) is 8.03. The van der Waals surface area contributed by atoms with Crippen molar-refractivity contribution in [2.24, 2.45) is 0 Å². The second kappa shape index (κ2) is 7.24. The highest BCUT2D eigenvalue weighted by atomic mass is 32.2. The fraction of sp³-hybridized carbons (Fsp3) is 0.400. The second-order valence-corrected chi connectivity index (χ2v) is 5.40. The zero-order valence-electron chi connectivity index (χ0n) is 11.2. The van der Waals surface area contributed by atoms with E-state index in [1.807, 2.05) is 42.8 Å². The quantitative estimate of drug-likeness (QED) is 0.748. The number of benzene rings is 1. The molecule has 1 aliphatic heterocycles. The lowest BCUT2D eigenvalue weighted by Crippen LogP contribution is -2.30. The van der Waals surface area contributed by atoms with Gasteiger partial charge >= 0.3 is 0 Å². The lowest BCUT2D eigenvalue weighted by atomic mass is 10.2. The van der Waals surface area contributed by atoms with E-state index in [4.69, 9.17) is 4.74 Å². The molecule has 1 amide bonds. The molecule has 19 heavy (non-hydrogen) atoms. The van der Waals surface area contributed by atoms with Gasteiger partial charge in [0.1, 0.15) is 5.75 Å². The summed E-state index contributed by atoms with van der Waals surface area (Å²) in [5.41, 5.74) is 1.16. The Bertz CT molecular complexity index is 459. The Balaban J connectivity index is 1.65. The highest BCUT2D eigenvalue weighted by molar-refractivity contribution is 8.02. The number of para-hydroxylation sites is 1. The first-order valence-corrected chi connectivity index (χ1v) is 7.58. The Morgan fingerprint density at radius 1 is 1.32 bits per heavy atom. The van der Waals surface area contributed by atoms with Crippen molar-refractivity contribution < 1.29 is 9.53 Å². The summed E-state index contributed by atoms with van der Waals surface area (Å²) in [7, 11) is 0. The Hall–Kier alpha value is -1.42. The zero-order chi connectivity index (χ0) is 13.5. The number of amides is 1. The predicted octanol–water partition coefficient (Wildman–Crippen LogP) is 3.20. The lowest BCUT2D eigenvalue weighted by molar-refractivity contribution is -0.126. The number of hydrogen-bond donors (Lipinski definition) is 0. The molecule has 2 rings (SSSR count). The number of rotatable bonds is 6. The summed E-state index contributed by atoms with van der Waals surface area (Å²) < 4.78 is 5.73. The summed E-state index contributed by atoms with van der Waals surface area (Å²) >= 11 is 1.55. The maximum Gasteiger partial charge on any atom is 0.236 e. The summed E-state index contributed by atoms with van der Waals surface area (Å²) in [6.07, 6.45) is 3.80. The SMILES string of the molecule is Cc1ccccc1OCCCCN1C=CSCC1=O. The highest BCUT2D eigenvalue weighted by Crippen LogP contribution is 2.17. The molecule has 0 atom stereocenters. The molecule has 0 spiro atoms. The molecule has 1 aromatic rings. The molecule has 0 fully saturated rings. The minimum atomic E-state index is 0.201. The molecule has 0 N–H and O–H groups in total. The van der Waals surface area contributed by atoms with Crippen LogP contribution < -0.4 is 4.74 Å². The average Bonchev–Trinajstić information content (AvgIpc) is 2.42. The number of aryl methyl sites for hydroxylation is 1. The van der Waals surface area contributed by atoms with E-state index in [9.17, 15) is 4.79 Å². The van der Waals surface area contributed by atoms with Crippen molar-refractivity contribution in [3.8, 4) is 5.75 Å². The Kier molecular flexibility index (Phi) is 5.33. The van der Waals surface area contributed by atoms with E-state index in [2.05, 4.69) is 0 Å². The van der Waals surface area contributed by atoms with Gasteiger partial charge in [0.2, 0.25) is 5.91 Å². The maximum atomic E-state index is 11.5. The molecular formula is C15H19NO2S. The summed E-state index contributed by atoms with van der Waals surface area (Å²) in [5, 5.41) is 1.98. The van der Waals surface area contributed by atoms with Crippen LogP contribution in [-0.2, 0) is 4.79 Å². The number of thioether (sulfide) groups is 1. The van der Waals surface area contributed by atoms with E-state index in [-0.39, 0.29) is 5.91 Å². The van der Waals surface area contributed by atoms with Crippen molar-refractivity contribution in [3.63, 3.8) is 0 Å². The van der Waals surface area contributed by atoms with Crippen LogP contribution >= 0.6 is 11.8 Å². The number of carbonyl (C=O) groups is 1. The van der Waals surface area contributed by atoms with Crippen molar-refractivity contribution >= 4 is 17.7 Å². The normalized spacial score (nSPS) is 14.8. The minimum absolute atomic E-state index is 0.201. The number of unbranched alkanes of at least 4 members (excludes halogenated alkanes) is 1. The van der Waals surface area contributed by atoms with E-state index in [0.717, 1.165) is 30.7 Å². The van der Waals surface area contributed by atoms with Crippen LogP contribution in [0.4, 0.5) is 0 Å². The van der Waals surface area contributed by atoms with Gasteiger partial charge in [-0.1, -0.05) is 18.2 Å². The van der Waals surface area contributed by atoms with E-state index >= 15 is 0 Å². The van der Waals surface area contributed by atoms with Crippen LogP contribution in [0.25, 0.3) is 0 Å². The summed E-state index contributed by atoms with van der Waals surface area (Å²) in [5.74, 6) is 1.72. The van der Waals surface area contributed by atoms with Gasteiger partial charge in [-0.25, -0.2) is 0 Å². The second-order valence-electron chi connectivity index (χ2n) is 4.50. The van der Waals surface area contributed by atoms with Gasteiger partial charge in [0, 0.05) is 12.7 Å². The van der Waals surface area contributed by atoms with Gasteiger partial charge in [-0.15, -0.1) is 11.8 Å². The lowest BCUT2D eigenvalue weighted by Gasteiger charge is -2.20. The monoisotopic (exact) mass is 277 g/mol. The molecular weight excluding hydrogens is 258 g/mol. The molecule has 0 bridgehead atoms. The molecule has 4 heteroatoms. The largest absolute Gasteiger partial charge is 0.493 e. The number of ether oxygens (including phenoxy) is 1. The van der Waals surface area contributed by atoms with Gasteiger partial charge in [-0.3, -0.25) is 4.79 Å². The van der Waals surface area contributed by atoms with Crippen LogP contribution in [0.2, 0.25) is 0 Å².